The van der Waals surface area contributed by atoms with Crippen LogP contribution in [0.2, 0.25) is 0 Å². The Hall–Kier alpha value is -2.51. The Bertz CT molecular complexity index is 817. The first-order valence-electron chi connectivity index (χ1n) is 7.29. The van der Waals surface area contributed by atoms with Crippen LogP contribution in [0, 0.1) is 5.82 Å². The summed E-state index contributed by atoms with van der Waals surface area (Å²) in [6, 6.07) is 8.95. The second-order valence-electron chi connectivity index (χ2n) is 5.15. The molecular weight excluding hydrogens is 331 g/mol. The van der Waals surface area contributed by atoms with E-state index in [-0.39, 0.29) is 24.8 Å². The largest absolute Gasteiger partial charge is 0.467 e. The van der Waals surface area contributed by atoms with Gasteiger partial charge in [0.1, 0.15) is 22.6 Å². The molecule has 1 unspecified atom stereocenters. The molecule has 2 N–H and O–H groups in total. The van der Waals surface area contributed by atoms with Crippen LogP contribution >= 0.6 is 11.3 Å². The van der Waals surface area contributed by atoms with Crippen LogP contribution in [0.4, 0.5) is 4.39 Å². The molecule has 24 heavy (non-hydrogen) atoms. The molecular formula is C17H15FN2O3S. The van der Waals surface area contributed by atoms with Gasteiger partial charge in [-0.15, -0.1) is 11.3 Å². The molecule has 0 bridgehead atoms. The number of rotatable bonds is 6. The molecule has 124 valence electrons. The van der Waals surface area contributed by atoms with Gasteiger partial charge in [-0.2, -0.15) is 0 Å². The van der Waals surface area contributed by atoms with E-state index in [1.165, 1.54) is 29.7 Å². The lowest BCUT2D eigenvalue weighted by Gasteiger charge is -2.13. The summed E-state index contributed by atoms with van der Waals surface area (Å²) in [5.74, 6) is -0.114. The quantitative estimate of drug-likeness (QED) is 0.720. The molecule has 5 nitrogen and oxygen atoms in total. The van der Waals surface area contributed by atoms with E-state index in [0.29, 0.717) is 22.0 Å². The number of hydrogen-bond donors (Lipinski definition) is 2. The fourth-order valence-electron chi connectivity index (χ4n) is 2.25. The Balaban J connectivity index is 1.65. The molecule has 1 aromatic carbocycles. The van der Waals surface area contributed by atoms with E-state index in [1.54, 1.807) is 29.6 Å². The summed E-state index contributed by atoms with van der Waals surface area (Å²) < 4.78 is 18.5. The number of thiazole rings is 1. The fraction of sp³-hybridized carbons (Fsp3) is 0.176. The van der Waals surface area contributed by atoms with Gasteiger partial charge >= 0.3 is 0 Å². The van der Waals surface area contributed by atoms with E-state index < -0.39 is 6.04 Å². The Kier molecular flexibility index (Phi) is 5.02. The van der Waals surface area contributed by atoms with Crippen LogP contribution in [0.15, 0.2) is 52.5 Å². The maximum atomic E-state index is 13.3. The minimum atomic E-state index is -0.589. The van der Waals surface area contributed by atoms with Gasteiger partial charge < -0.3 is 14.8 Å². The zero-order valence-corrected chi connectivity index (χ0v) is 13.4. The van der Waals surface area contributed by atoms with Crippen molar-refractivity contribution in [2.45, 2.75) is 12.5 Å². The molecule has 0 spiro atoms. The SMILES string of the molecule is O=C(Cc1csc(-c2cccc(F)c2)n1)NC(CO)c1ccco1. The topological polar surface area (TPSA) is 75.4 Å². The van der Waals surface area contributed by atoms with Gasteiger partial charge in [-0.25, -0.2) is 9.37 Å². The summed E-state index contributed by atoms with van der Waals surface area (Å²) in [7, 11) is 0. The molecule has 0 saturated heterocycles. The Morgan fingerprint density at radius 1 is 1.38 bits per heavy atom. The number of nitrogens with one attached hydrogen (secondary N) is 1. The molecule has 1 amide bonds. The van der Waals surface area contributed by atoms with Gasteiger partial charge in [0.2, 0.25) is 5.91 Å². The molecule has 0 aliphatic heterocycles. The summed E-state index contributed by atoms with van der Waals surface area (Å²) in [4.78, 5) is 16.5. The summed E-state index contributed by atoms with van der Waals surface area (Å²) >= 11 is 1.35. The third-order valence-electron chi connectivity index (χ3n) is 3.37. The van der Waals surface area contributed by atoms with Crippen molar-refractivity contribution in [3.63, 3.8) is 0 Å². The van der Waals surface area contributed by atoms with Crippen LogP contribution in [0.3, 0.4) is 0 Å². The number of carbonyl (C=O) groups excluding carboxylic acids is 1. The third-order valence-corrected chi connectivity index (χ3v) is 4.31. The van der Waals surface area contributed by atoms with Crippen LogP contribution in [-0.2, 0) is 11.2 Å². The zero-order chi connectivity index (χ0) is 16.9. The van der Waals surface area contributed by atoms with Gasteiger partial charge in [-0.1, -0.05) is 12.1 Å². The van der Waals surface area contributed by atoms with E-state index in [4.69, 9.17) is 4.42 Å². The first-order valence-corrected chi connectivity index (χ1v) is 8.17. The number of aliphatic hydroxyl groups excluding tert-OH is 1. The van der Waals surface area contributed by atoms with E-state index >= 15 is 0 Å². The minimum absolute atomic E-state index is 0.0724. The number of furan rings is 1. The molecule has 0 fully saturated rings. The lowest BCUT2D eigenvalue weighted by Crippen LogP contribution is -2.31. The van der Waals surface area contributed by atoms with Gasteiger partial charge in [0.25, 0.3) is 0 Å². The molecule has 0 aliphatic carbocycles. The number of nitrogens with zero attached hydrogens (tertiary/aromatic N) is 1. The predicted octanol–water partition coefficient (Wildman–Crippen LogP) is 2.93. The smallest absolute Gasteiger partial charge is 0.226 e. The monoisotopic (exact) mass is 346 g/mol. The first-order chi connectivity index (χ1) is 11.7. The highest BCUT2D eigenvalue weighted by Gasteiger charge is 2.17. The van der Waals surface area contributed by atoms with Crippen LogP contribution in [0.1, 0.15) is 17.5 Å². The minimum Gasteiger partial charge on any atom is -0.467 e. The van der Waals surface area contributed by atoms with E-state index in [9.17, 15) is 14.3 Å². The zero-order valence-electron chi connectivity index (χ0n) is 12.6. The molecule has 1 atom stereocenters. The Labute approximate surface area is 141 Å². The maximum Gasteiger partial charge on any atom is 0.226 e. The highest BCUT2D eigenvalue weighted by atomic mass is 32.1. The lowest BCUT2D eigenvalue weighted by atomic mass is 10.2. The number of aromatic nitrogens is 1. The highest BCUT2D eigenvalue weighted by molar-refractivity contribution is 7.13. The second kappa shape index (κ2) is 7.37. The van der Waals surface area contributed by atoms with Gasteiger partial charge in [0.15, 0.2) is 0 Å². The first kappa shape index (κ1) is 16.4. The van der Waals surface area contributed by atoms with Crippen molar-refractivity contribution >= 4 is 17.2 Å². The van der Waals surface area contributed by atoms with Crippen molar-refractivity contribution in [2.75, 3.05) is 6.61 Å². The van der Waals surface area contributed by atoms with E-state index in [0.717, 1.165) is 0 Å². The Morgan fingerprint density at radius 3 is 2.96 bits per heavy atom. The molecule has 2 heterocycles. The van der Waals surface area contributed by atoms with Crippen molar-refractivity contribution in [3.05, 3.63) is 65.3 Å². The summed E-state index contributed by atoms with van der Waals surface area (Å²) in [6.45, 7) is -0.259. The Morgan fingerprint density at radius 2 is 2.25 bits per heavy atom. The van der Waals surface area contributed by atoms with Crippen molar-refractivity contribution in [1.29, 1.82) is 0 Å². The van der Waals surface area contributed by atoms with Crippen LogP contribution in [0.5, 0.6) is 0 Å². The molecule has 7 heteroatoms. The highest BCUT2D eigenvalue weighted by Crippen LogP contribution is 2.24. The molecule has 3 aromatic rings. The average Bonchev–Trinajstić information content (AvgIpc) is 3.24. The third kappa shape index (κ3) is 3.87. The lowest BCUT2D eigenvalue weighted by molar-refractivity contribution is -0.121. The number of benzene rings is 1. The van der Waals surface area contributed by atoms with Crippen molar-refractivity contribution in [2.24, 2.45) is 0 Å². The van der Waals surface area contributed by atoms with Crippen LogP contribution < -0.4 is 5.32 Å². The number of amides is 1. The van der Waals surface area contributed by atoms with Gasteiger partial charge in [0.05, 0.1) is 25.0 Å². The molecule has 3 rings (SSSR count). The normalized spacial score (nSPS) is 12.1. The number of hydrogen-bond acceptors (Lipinski definition) is 5. The van der Waals surface area contributed by atoms with Crippen molar-refractivity contribution in [3.8, 4) is 10.6 Å². The summed E-state index contributed by atoms with van der Waals surface area (Å²) in [5, 5.41) is 14.5. The van der Waals surface area contributed by atoms with Crippen LogP contribution in [-0.4, -0.2) is 22.6 Å². The van der Waals surface area contributed by atoms with Gasteiger partial charge in [-0.05, 0) is 24.3 Å². The maximum absolute atomic E-state index is 13.3. The molecule has 0 aliphatic rings. The van der Waals surface area contributed by atoms with E-state index in [1.807, 2.05) is 0 Å². The van der Waals surface area contributed by atoms with Gasteiger partial charge in [-0.3, -0.25) is 4.79 Å². The number of carbonyl (C=O) groups is 1. The average molecular weight is 346 g/mol. The van der Waals surface area contributed by atoms with Gasteiger partial charge in [0, 0.05) is 10.9 Å². The number of halogens is 1. The van der Waals surface area contributed by atoms with Crippen LogP contribution in [0.25, 0.3) is 10.6 Å². The molecule has 2 aromatic heterocycles. The van der Waals surface area contributed by atoms with Crippen molar-refractivity contribution < 1.29 is 18.7 Å². The van der Waals surface area contributed by atoms with Crippen molar-refractivity contribution in [1.82, 2.24) is 10.3 Å². The summed E-state index contributed by atoms with van der Waals surface area (Å²) in [6.07, 6.45) is 1.55. The fourth-order valence-corrected chi connectivity index (χ4v) is 3.07. The standard InChI is InChI=1S/C17H15FN2O3S/c18-12-4-1-3-11(7-12)17-19-13(10-24-17)8-16(22)20-14(9-21)15-5-2-6-23-15/h1-7,10,14,21H,8-9H2,(H,20,22). The van der Waals surface area contributed by atoms with E-state index in [2.05, 4.69) is 10.3 Å². The number of aliphatic hydroxyl groups is 1. The predicted molar refractivity (Wildman–Crippen MR) is 87.9 cm³/mol. The molecule has 0 saturated carbocycles. The second-order valence-corrected chi connectivity index (χ2v) is 6.01. The summed E-state index contributed by atoms with van der Waals surface area (Å²) in [5.41, 5.74) is 1.27. The molecule has 0 radical (unpaired) electrons.